The van der Waals surface area contributed by atoms with Gasteiger partial charge in [0.2, 0.25) is 0 Å². The van der Waals surface area contributed by atoms with Gasteiger partial charge < -0.3 is 20.5 Å². The lowest BCUT2D eigenvalue weighted by atomic mass is 10.2. The van der Waals surface area contributed by atoms with Crippen LogP contribution in [0.4, 0.5) is 18.0 Å². The van der Waals surface area contributed by atoms with Crippen LogP contribution in [0, 0.1) is 0 Å². The zero-order valence-electron chi connectivity index (χ0n) is 11.7. The molecule has 1 aromatic rings. The van der Waals surface area contributed by atoms with Gasteiger partial charge in [-0.1, -0.05) is 6.07 Å². The lowest BCUT2D eigenvalue weighted by Crippen LogP contribution is -2.42. The predicted molar refractivity (Wildman–Crippen MR) is 72.5 cm³/mol. The van der Waals surface area contributed by atoms with Gasteiger partial charge in [0.1, 0.15) is 18.5 Å². The number of aliphatic hydroxyl groups is 1. The molecule has 0 radical (unpaired) electrons. The first-order valence-electron chi connectivity index (χ1n) is 6.87. The molecule has 1 unspecified atom stereocenters. The third-order valence-corrected chi connectivity index (χ3v) is 3.01. The van der Waals surface area contributed by atoms with E-state index in [-0.39, 0.29) is 31.0 Å². The number of ether oxygens (including phenoxy) is 1. The minimum Gasteiger partial charge on any atom is -0.491 e. The van der Waals surface area contributed by atoms with Gasteiger partial charge >= 0.3 is 12.2 Å². The van der Waals surface area contributed by atoms with Gasteiger partial charge in [-0.05, 0) is 31.0 Å². The molecule has 0 saturated heterocycles. The Labute approximate surface area is 125 Å². The number of carbonyl (C=O) groups excluding carboxylic acids is 1. The van der Waals surface area contributed by atoms with Crippen LogP contribution in [0.3, 0.4) is 0 Å². The zero-order chi connectivity index (χ0) is 16.2. The van der Waals surface area contributed by atoms with E-state index in [1.807, 2.05) is 0 Å². The monoisotopic (exact) mass is 318 g/mol. The van der Waals surface area contributed by atoms with Crippen LogP contribution in [0.2, 0.25) is 0 Å². The highest BCUT2D eigenvalue weighted by Gasteiger charge is 2.30. The molecule has 122 valence electrons. The summed E-state index contributed by atoms with van der Waals surface area (Å²) in [5.41, 5.74) is -0.818. The first kappa shape index (κ1) is 16.4. The number of benzene rings is 1. The Kier molecular flexibility index (Phi) is 5.12. The SMILES string of the molecule is O=C(NCC(O)COc1cccc(C(F)(F)F)c1)NC1CC1. The van der Waals surface area contributed by atoms with Gasteiger partial charge in [0.15, 0.2) is 0 Å². The minimum absolute atomic E-state index is 0.0105. The van der Waals surface area contributed by atoms with Crippen molar-refractivity contribution in [1.29, 1.82) is 0 Å². The van der Waals surface area contributed by atoms with Crippen LogP contribution in [0.15, 0.2) is 24.3 Å². The fraction of sp³-hybridized carbons (Fsp3) is 0.500. The van der Waals surface area contributed by atoms with E-state index in [9.17, 15) is 23.1 Å². The number of hydrogen-bond donors (Lipinski definition) is 3. The maximum absolute atomic E-state index is 12.5. The Morgan fingerprint density at radius 2 is 2.14 bits per heavy atom. The Morgan fingerprint density at radius 1 is 1.41 bits per heavy atom. The summed E-state index contributed by atoms with van der Waals surface area (Å²) in [4.78, 5) is 11.3. The van der Waals surface area contributed by atoms with Gasteiger partial charge in [0, 0.05) is 12.6 Å². The quantitative estimate of drug-likeness (QED) is 0.750. The molecule has 0 aromatic heterocycles. The van der Waals surface area contributed by atoms with E-state index < -0.39 is 17.8 Å². The highest BCUT2D eigenvalue weighted by atomic mass is 19.4. The number of nitrogens with one attached hydrogen (secondary N) is 2. The number of urea groups is 1. The largest absolute Gasteiger partial charge is 0.491 e. The van der Waals surface area contributed by atoms with E-state index in [1.54, 1.807) is 0 Å². The highest BCUT2D eigenvalue weighted by molar-refractivity contribution is 5.74. The second-order valence-corrected chi connectivity index (χ2v) is 5.12. The van der Waals surface area contributed by atoms with Gasteiger partial charge in [-0.3, -0.25) is 0 Å². The second-order valence-electron chi connectivity index (χ2n) is 5.12. The van der Waals surface area contributed by atoms with E-state index in [0.717, 1.165) is 25.0 Å². The summed E-state index contributed by atoms with van der Waals surface area (Å²) in [6.07, 6.45) is -3.55. The molecule has 1 saturated carbocycles. The molecule has 5 nitrogen and oxygen atoms in total. The predicted octanol–water partition coefficient (Wildman–Crippen LogP) is 1.91. The molecule has 3 N–H and O–H groups in total. The molecule has 8 heteroatoms. The standard InChI is InChI=1S/C14H17F3N2O3/c15-14(16,17)9-2-1-3-12(6-9)22-8-11(20)7-18-13(21)19-10-4-5-10/h1-3,6,10-11,20H,4-5,7-8H2,(H2,18,19,21). The van der Waals surface area contributed by atoms with Crippen LogP contribution >= 0.6 is 0 Å². The van der Waals surface area contributed by atoms with Crippen molar-refractivity contribution in [3.05, 3.63) is 29.8 Å². The minimum atomic E-state index is -4.44. The Bertz CT molecular complexity index is 518. The van der Waals surface area contributed by atoms with Crippen molar-refractivity contribution in [2.45, 2.75) is 31.2 Å². The molecule has 1 aliphatic carbocycles. The maximum Gasteiger partial charge on any atom is 0.416 e. The first-order chi connectivity index (χ1) is 10.3. The average molecular weight is 318 g/mol. The van der Waals surface area contributed by atoms with Crippen molar-refractivity contribution in [1.82, 2.24) is 10.6 Å². The van der Waals surface area contributed by atoms with E-state index >= 15 is 0 Å². The summed E-state index contributed by atoms with van der Waals surface area (Å²) in [6.45, 7) is -0.261. The molecule has 1 fully saturated rings. The molecule has 22 heavy (non-hydrogen) atoms. The summed E-state index contributed by atoms with van der Waals surface area (Å²) in [6, 6.07) is 4.23. The Morgan fingerprint density at radius 3 is 2.77 bits per heavy atom. The van der Waals surface area contributed by atoms with Crippen LogP contribution in [-0.4, -0.2) is 36.4 Å². The van der Waals surface area contributed by atoms with Crippen LogP contribution in [0.1, 0.15) is 18.4 Å². The fourth-order valence-electron chi connectivity index (χ4n) is 1.69. The van der Waals surface area contributed by atoms with Gasteiger partial charge in [-0.2, -0.15) is 13.2 Å². The van der Waals surface area contributed by atoms with Crippen molar-refractivity contribution >= 4 is 6.03 Å². The molecule has 1 aromatic carbocycles. The number of aliphatic hydroxyl groups excluding tert-OH is 1. The van der Waals surface area contributed by atoms with Crippen molar-refractivity contribution in [2.75, 3.05) is 13.2 Å². The molecule has 1 atom stereocenters. The summed E-state index contributed by atoms with van der Waals surface area (Å²) in [5, 5.41) is 14.8. The normalized spacial score (nSPS) is 16.0. The van der Waals surface area contributed by atoms with Crippen LogP contribution in [0.5, 0.6) is 5.75 Å². The molecule has 0 heterocycles. The lowest BCUT2D eigenvalue weighted by molar-refractivity contribution is -0.137. The molecular formula is C14H17F3N2O3. The maximum atomic E-state index is 12.5. The highest BCUT2D eigenvalue weighted by Crippen LogP contribution is 2.31. The third kappa shape index (κ3) is 5.44. The summed E-state index contributed by atoms with van der Waals surface area (Å²) < 4.78 is 42.7. The molecule has 0 spiro atoms. The lowest BCUT2D eigenvalue weighted by Gasteiger charge is -2.14. The van der Waals surface area contributed by atoms with E-state index in [1.165, 1.54) is 12.1 Å². The number of rotatable bonds is 6. The average Bonchev–Trinajstić information content (AvgIpc) is 3.26. The number of carbonyl (C=O) groups is 1. The molecule has 2 rings (SSSR count). The van der Waals surface area contributed by atoms with Gasteiger partial charge in [-0.25, -0.2) is 4.79 Å². The molecule has 1 aliphatic rings. The van der Waals surface area contributed by atoms with E-state index in [0.29, 0.717) is 0 Å². The van der Waals surface area contributed by atoms with Crippen molar-refractivity contribution < 1.29 is 27.8 Å². The number of amides is 2. The first-order valence-corrected chi connectivity index (χ1v) is 6.87. The van der Waals surface area contributed by atoms with Gasteiger partial charge in [0.05, 0.1) is 5.56 Å². The zero-order valence-corrected chi connectivity index (χ0v) is 11.7. The summed E-state index contributed by atoms with van der Waals surface area (Å²) in [5.74, 6) is 0.0105. The smallest absolute Gasteiger partial charge is 0.416 e. The summed E-state index contributed by atoms with van der Waals surface area (Å²) >= 11 is 0. The molecule has 0 bridgehead atoms. The van der Waals surface area contributed by atoms with Crippen LogP contribution < -0.4 is 15.4 Å². The number of halogens is 3. The topological polar surface area (TPSA) is 70.6 Å². The number of alkyl halides is 3. The summed E-state index contributed by atoms with van der Waals surface area (Å²) in [7, 11) is 0. The third-order valence-electron chi connectivity index (χ3n) is 3.01. The van der Waals surface area contributed by atoms with Crippen molar-refractivity contribution in [2.24, 2.45) is 0 Å². The van der Waals surface area contributed by atoms with Crippen molar-refractivity contribution in [3.8, 4) is 5.75 Å². The molecular weight excluding hydrogens is 301 g/mol. The van der Waals surface area contributed by atoms with Crippen LogP contribution in [0.25, 0.3) is 0 Å². The number of hydrogen-bond acceptors (Lipinski definition) is 3. The van der Waals surface area contributed by atoms with Crippen LogP contribution in [-0.2, 0) is 6.18 Å². The van der Waals surface area contributed by atoms with E-state index in [2.05, 4.69) is 10.6 Å². The molecule has 0 aliphatic heterocycles. The Balaban J connectivity index is 1.73. The van der Waals surface area contributed by atoms with Crippen molar-refractivity contribution in [3.63, 3.8) is 0 Å². The second kappa shape index (κ2) is 6.87. The fourth-order valence-corrected chi connectivity index (χ4v) is 1.69. The Hall–Kier alpha value is -1.96. The van der Waals surface area contributed by atoms with E-state index in [4.69, 9.17) is 4.74 Å². The van der Waals surface area contributed by atoms with Gasteiger partial charge in [-0.15, -0.1) is 0 Å². The van der Waals surface area contributed by atoms with Gasteiger partial charge in [0.25, 0.3) is 0 Å². The molecule has 2 amide bonds.